The fraction of sp³-hybridized carbons (Fsp3) is 0.389. The van der Waals surface area contributed by atoms with Gasteiger partial charge in [-0.2, -0.15) is 0 Å². The molecule has 4 aromatic rings. The molecule has 0 fully saturated rings. The maximum Gasteiger partial charge on any atom is 0.270 e. The van der Waals surface area contributed by atoms with E-state index in [1.807, 2.05) is 58.3 Å². The van der Waals surface area contributed by atoms with E-state index in [9.17, 15) is 9.59 Å². The molecule has 6 heteroatoms. The van der Waals surface area contributed by atoms with Crippen LogP contribution < -0.4 is 4.90 Å². The van der Waals surface area contributed by atoms with Gasteiger partial charge in [0, 0.05) is 49.3 Å². The van der Waals surface area contributed by atoms with Gasteiger partial charge in [-0.1, -0.05) is 80.9 Å². The minimum absolute atomic E-state index is 0.0152. The maximum atomic E-state index is 14.4. The lowest BCUT2D eigenvalue weighted by Gasteiger charge is -2.29. The Morgan fingerprint density at radius 1 is 0.905 bits per heavy atom. The van der Waals surface area contributed by atoms with E-state index in [-0.39, 0.29) is 11.8 Å². The number of hydrogen-bond donors (Lipinski definition) is 1. The third-order valence-electron chi connectivity index (χ3n) is 8.22. The van der Waals surface area contributed by atoms with Crippen LogP contribution in [0.1, 0.15) is 59.9 Å². The van der Waals surface area contributed by atoms with Crippen LogP contribution in [0, 0.1) is 12.8 Å². The van der Waals surface area contributed by atoms with Crippen molar-refractivity contribution < 1.29 is 9.59 Å². The number of aryl methyl sites for hydroxylation is 2. The highest BCUT2D eigenvalue weighted by atomic mass is 16.2. The highest BCUT2D eigenvalue weighted by Crippen LogP contribution is 2.28. The van der Waals surface area contributed by atoms with E-state index in [1.165, 1.54) is 5.56 Å². The second kappa shape index (κ2) is 13.4. The van der Waals surface area contributed by atoms with Crippen LogP contribution in [-0.4, -0.2) is 59.3 Å². The van der Waals surface area contributed by atoms with E-state index in [0.717, 1.165) is 65.8 Å². The van der Waals surface area contributed by atoms with Crippen LogP contribution in [0.25, 0.3) is 10.9 Å². The van der Waals surface area contributed by atoms with E-state index in [0.29, 0.717) is 37.7 Å². The number of H-pyrrole nitrogens is 1. The summed E-state index contributed by atoms with van der Waals surface area (Å²) in [6, 6.07) is 24.4. The highest BCUT2D eigenvalue weighted by molar-refractivity contribution is 6.01. The van der Waals surface area contributed by atoms with Crippen molar-refractivity contribution >= 4 is 28.4 Å². The molecule has 1 aromatic heterocycles. The molecule has 0 saturated carbocycles. The van der Waals surface area contributed by atoms with Gasteiger partial charge < -0.3 is 19.7 Å². The van der Waals surface area contributed by atoms with Gasteiger partial charge in [0.15, 0.2) is 0 Å². The fourth-order valence-corrected chi connectivity index (χ4v) is 6.21. The minimum atomic E-state index is 0.0152. The molecule has 0 atom stereocenters. The number of carbonyl (C=O) groups is 2. The summed E-state index contributed by atoms with van der Waals surface area (Å²) < 4.78 is 0. The van der Waals surface area contributed by atoms with Crippen molar-refractivity contribution in [3.8, 4) is 0 Å². The van der Waals surface area contributed by atoms with Crippen LogP contribution in [0.4, 0.5) is 5.69 Å². The van der Waals surface area contributed by atoms with Crippen LogP contribution in [-0.2, 0) is 24.2 Å². The standard InChI is InChI=1S/C36H44N4O2/c1-5-30-31-22-27(4)16-17-32(31)37-35(30)36(42)39-21-20-38(24-26(2)3)18-11-19-40(33-15-10-9-14-29(33)25-39)34(41)23-28-12-7-6-8-13-28/h6-10,12-17,22,26,37H,5,11,18-21,23-25H2,1-4H3. The summed E-state index contributed by atoms with van der Waals surface area (Å²) in [5.41, 5.74) is 6.83. The third kappa shape index (κ3) is 6.76. The molecular weight excluding hydrogens is 520 g/mol. The Morgan fingerprint density at radius 3 is 2.43 bits per heavy atom. The zero-order chi connectivity index (χ0) is 29.6. The van der Waals surface area contributed by atoms with Crippen molar-refractivity contribution in [1.82, 2.24) is 14.8 Å². The minimum Gasteiger partial charge on any atom is -0.350 e. The molecule has 0 spiro atoms. The summed E-state index contributed by atoms with van der Waals surface area (Å²) in [6.07, 6.45) is 1.99. The number of amides is 2. The van der Waals surface area contributed by atoms with E-state index in [4.69, 9.17) is 0 Å². The Morgan fingerprint density at radius 2 is 1.67 bits per heavy atom. The first-order valence-corrected chi connectivity index (χ1v) is 15.4. The average molecular weight is 565 g/mol. The summed E-state index contributed by atoms with van der Waals surface area (Å²) in [6.45, 7) is 13.0. The summed E-state index contributed by atoms with van der Waals surface area (Å²) in [5.74, 6) is 0.609. The van der Waals surface area contributed by atoms with Gasteiger partial charge in [0.1, 0.15) is 5.69 Å². The number of hydrogen-bond acceptors (Lipinski definition) is 3. The van der Waals surface area contributed by atoms with E-state index in [2.05, 4.69) is 61.8 Å². The zero-order valence-corrected chi connectivity index (χ0v) is 25.5. The summed E-state index contributed by atoms with van der Waals surface area (Å²) in [4.78, 5) is 38.0. The van der Waals surface area contributed by atoms with Gasteiger partial charge in [-0.05, 0) is 67.1 Å². The summed E-state index contributed by atoms with van der Waals surface area (Å²) in [7, 11) is 0. The second-order valence-electron chi connectivity index (χ2n) is 12.0. The van der Waals surface area contributed by atoms with Crippen LogP contribution >= 0.6 is 0 Å². The Kier molecular flexibility index (Phi) is 9.43. The van der Waals surface area contributed by atoms with E-state index in [1.54, 1.807) is 0 Å². The molecular formula is C36H44N4O2. The largest absolute Gasteiger partial charge is 0.350 e. The van der Waals surface area contributed by atoms with Gasteiger partial charge in [-0.25, -0.2) is 0 Å². The van der Waals surface area contributed by atoms with Crippen LogP contribution in [0.3, 0.4) is 0 Å². The van der Waals surface area contributed by atoms with Crippen molar-refractivity contribution in [3.05, 3.63) is 101 Å². The number of benzene rings is 3. The Bertz CT molecular complexity index is 1520. The molecule has 6 nitrogen and oxygen atoms in total. The van der Waals surface area contributed by atoms with Gasteiger partial charge in [0.25, 0.3) is 5.91 Å². The molecule has 1 aliphatic rings. The topological polar surface area (TPSA) is 59.7 Å². The predicted octanol–water partition coefficient (Wildman–Crippen LogP) is 6.62. The molecule has 0 unspecified atom stereocenters. The van der Waals surface area contributed by atoms with E-state index < -0.39 is 0 Å². The van der Waals surface area contributed by atoms with Crippen LogP contribution in [0.2, 0.25) is 0 Å². The predicted molar refractivity (Wildman–Crippen MR) is 172 cm³/mol. The van der Waals surface area contributed by atoms with Crippen molar-refractivity contribution in [1.29, 1.82) is 0 Å². The number of carbonyl (C=O) groups excluding carboxylic acids is 2. The average Bonchev–Trinajstić information content (AvgIpc) is 3.33. The lowest BCUT2D eigenvalue weighted by atomic mass is 10.0. The normalized spacial score (nSPS) is 15.1. The van der Waals surface area contributed by atoms with Gasteiger partial charge in [-0.15, -0.1) is 0 Å². The Hall–Kier alpha value is -3.90. The first kappa shape index (κ1) is 29.6. The molecule has 3 aromatic carbocycles. The number of fused-ring (bicyclic) bond motifs is 2. The quantitative estimate of drug-likeness (QED) is 0.286. The summed E-state index contributed by atoms with van der Waals surface area (Å²) in [5, 5.41) is 1.12. The molecule has 2 amide bonds. The molecule has 0 radical (unpaired) electrons. The van der Waals surface area contributed by atoms with Crippen LogP contribution in [0.15, 0.2) is 72.8 Å². The van der Waals surface area contributed by atoms with Gasteiger partial charge in [0.05, 0.1) is 6.42 Å². The molecule has 1 aliphatic heterocycles. The maximum absolute atomic E-state index is 14.4. The van der Waals surface area contributed by atoms with Crippen molar-refractivity contribution in [2.75, 3.05) is 37.6 Å². The van der Waals surface area contributed by atoms with Crippen molar-refractivity contribution in [2.45, 2.75) is 53.5 Å². The number of aromatic amines is 1. The highest BCUT2D eigenvalue weighted by Gasteiger charge is 2.27. The molecule has 2 heterocycles. The monoisotopic (exact) mass is 564 g/mol. The van der Waals surface area contributed by atoms with Gasteiger partial charge >= 0.3 is 0 Å². The number of anilines is 1. The fourth-order valence-electron chi connectivity index (χ4n) is 6.21. The Balaban J connectivity index is 1.52. The van der Waals surface area contributed by atoms with Crippen LogP contribution in [0.5, 0.6) is 0 Å². The first-order valence-electron chi connectivity index (χ1n) is 15.4. The molecule has 0 bridgehead atoms. The number of rotatable bonds is 6. The van der Waals surface area contributed by atoms with E-state index >= 15 is 0 Å². The smallest absolute Gasteiger partial charge is 0.270 e. The number of nitrogens with one attached hydrogen (secondary N) is 1. The van der Waals surface area contributed by atoms with Gasteiger partial charge in [-0.3, -0.25) is 9.59 Å². The molecule has 5 rings (SSSR count). The lowest BCUT2D eigenvalue weighted by molar-refractivity contribution is -0.118. The van der Waals surface area contributed by atoms with Crippen molar-refractivity contribution in [3.63, 3.8) is 0 Å². The zero-order valence-electron chi connectivity index (χ0n) is 25.5. The lowest BCUT2D eigenvalue weighted by Crippen LogP contribution is -2.40. The molecule has 220 valence electrons. The first-order chi connectivity index (χ1) is 20.3. The Labute approximate surface area is 250 Å². The second-order valence-corrected chi connectivity index (χ2v) is 12.0. The number of nitrogens with zero attached hydrogens (tertiary/aromatic N) is 3. The number of para-hydroxylation sites is 1. The van der Waals surface area contributed by atoms with Crippen molar-refractivity contribution in [2.24, 2.45) is 5.92 Å². The summed E-state index contributed by atoms with van der Waals surface area (Å²) >= 11 is 0. The SMILES string of the molecule is CCc1c(C(=O)N2CCN(CC(C)C)CCCN(C(=O)Cc3ccccc3)c3ccccc3C2)[nH]c2ccc(C)cc12. The number of aromatic nitrogens is 1. The molecule has 1 N–H and O–H groups in total. The van der Waals surface area contributed by atoms with Gasteiger partial charge in [0.2, 0.25) is 5.91 Å². The third-order valence-corrected chi connectivity index (χ3v) is 8.22. The molecule has 0 saturated heterocycles. The molecule has 42 heavy (non-hydrogen) atoms. The molecule has 0 aliphatic carbocycles.